The molecule has 0 fully saturated rings. The molecular weight excluding hydrogens is 651 g/mol. The van der Waals surface area contributed by atoms with E-state index in [2.05, 4.69) is 217 Å². The maximum absolute atomic E-state index is 2.44. The molecule has 0 amide bonds. The first-order chi connectivity index (χ1) is 26.8. The Morgan fingerprint density at radius 1 is 0.296 bits per heavy atom. The van der Waals surface area contributed by atoms with E-state index in [0.717, 1.165) is 17.1 Å². The standard InChI is InChI=1S/C53H35N/c1-3-13-36(14-4-1)38-23-28-41(29-24-38)54(42-30-25-39(26-31-42)37-15-5-2-6-16-37)43-32-34-51-48(35-43)46-20-10-12-22-50(46)53(51)49-21-11-9-19-45(49)47-33-27-40-17-7-8-18-44(40)52(47)53/h1-35H. The zero-order valence-corrected chi connectivity index (χ0v) is 29.7. The highest BCUT2D eigenvalue weighted by Gasteiger charge is 2.52. The minimum absolute atomic E-state index is 0.420. The van der Waals surface area contributed by atoms with Crippen molar-refractivity contribution in [1.82, 2.24) is 0 Å². The SMILES string of the molecule is c1ccc(-c2ccc(N(c3ccc(-c4ccccc4)cc3)c3ccc4c(c3)-c3ccccc3C43c4ccccc4-c4ccc5ccccc5c43)cc2)cc1. The van der Waals surface area contributed by atoms with Gasteiger partial charge >= 0.3 is 0 Å². The zero-order valence-electron chi connectivity index (χ0n) is 29.7. The van der Waals surface area contributed by atoms with Crippen LogP contribution in [0.3, 0.4) is 0 Å². The third-order valence-electron chi connectivity index (χ3n) is 11.7. The van der Waals surface area contributed by atoms with E-state index in [9.17, 15) is 0 Å². The summed E-state index contributed by atoms with van der Waals surface area (Å²) in [5.41, 5.74) is 18.5. The fourth-order valence-corrected chi connectivity index (χ4v) is 9.36. The van der Waals surface area contributed by atoms with Gasteiger partial charge in [0.1, 0.15) is 0 Å². The zero-order chi connectivity index (χ0) is 35.6. The molecule has 1 atom stereocenters. The predicted molar refractivity (Wildman–Crippen MR) is 226 cm³/mol. The molecular formula is C53H35N. The lowest BCUT2D eigenvalue weighted by Crippen LogP contribution is -2.26. The van der Waals surface area contributed by atoms with Crippen molar-refractivity contribution in [2.45, 2.75) is 5.41 Å². The van der Waals surface area contributed by atoms with Crippen LogP contribution in [-0.2, 0) is 5.41 Å². The Labute approximate surface area is 316 Å². The summed E-state index contributed by atoms with van der Waals surface area (Å²) in [4.78, 5) is 2.41. The molecule has 2 aliphatic carbocycles. The van der Waals surface area contributed by atoms with Crippen LogP contribution in [0.5, 0.6) is 0 Å². The van der Waals surface area contributed by atoms with Crippen LogP contribution in [0.4, 0.5) is 17.1 Å². The first-order valence-corrected chi connectivity index (χ1v) is 18.8. The second kappa shape index (κ2) is 12.0. The van der Waals surface area contributed by atoms with E-state index in [1.807, 2.05) is 0 Å². The van der Waals surface area contributed by atoms with Gasteiger partial charge in [0.25, 0.3) is 0 Å². The topological polar surface area (TPSA) is 3.24 Å². The second-order valence-corrected chi connectivity index (χ2v) is 14.4. The van der Waals surface area contributed by atoms with E-state index in [-0.39, 0.29) is 0 Å². The van der Waals surface area contributed by atoms with Gasteiger partial charge in [-0.1, -0.05) is 176 Å². The highest BCUT2D eigenvalue weighted by atomic mass is 15.1. The summed E-state index contributed by atoms with van der Waals surface area (Å²) in [6.07, 6.45) is 0. The summed E-state index contributed by atoms with van der Waals surface area (Å²) in [7, 11) is 0. The summed E-state index contributed by atoms with van der Waals surface area (Å²) < 4.78 is 0. The Kier molecular flexibility index (Phi) is 6.84. The third-order valence-corrected chi connectivity index (χ3v) is 11.7. The lowest BCUT2D eigenvalue weighted by atomic mass is 9.69. The first kappa shape index (κ1) is 30.6. The van der Waals surface area contributed by atoms with Crippen LogP contribution in [0.2, 0.25) is 0 Å². The maximum atomic E-state index is 2.44. The molecule has 0 aliphatic heterocycles. The number of hydrogen-bond acceptors (Lipinski definition) is 1. The molecule has 1 heteroatoms. The van der Waals surface area contributed by atoms with Crippen molar-refractivity contribution in [2.75, 3.05) is 4.90 Å². The molecule has 0 N–H and O–H groups in total. The Bertz CT molecular complexity index is 2770. The second-order valence-electron chi connectivity index (χ2n) is 14.4. The average molecular weight is 686 g/mol. The number of rotatable bonds is 5. The number of fused-ring (bicyclic) bond motifs is 12. The van der Waals surface area contributed by atoms with Gasteiger partial charge in [0, 0.05) is 17.1 Å². The molecule has 9 aromatic carbocycles. The van der Waals surface area contributed by atoms with Crippen LogP contribution in [0.25, 0.3) is 55.3 Å². The lowest BCUT2D eigenvalue weighted by molar-refractivity contribution is 0.801. The van der Waals surface area contributed by atoms with Gasteiger partial charge in [-0.3, -0.25) is 0 Å². The third kappa shape index (κ3) is 4.45. The molecule has 11 rings (SSSR count). The van der Waals surface area contributed by atoms with Crippen molar-refractivity contribution in [3.8, 4) is 44.5 Å². The van der Waals surface area contributed by atoms with Gasteiger partial charge in [-0.15, -0.1) is 0 Å². The quantitative estimate of drug-likeness (QED) is 0.174. The molecule has 1 nitrogen and oxygen atoms in total. The highest BCUT2D eigenvalue weighted by molar-refractivity contribution is 6.04. The van der Waals surface area contributed by atoms with Crippen molar-refractivity contribution in [1.29, 1.82) is 0 Å². The molecule has 0 radical (unpaired) electrons. The van der Waals surface area contributed by atoms with Gasteiger partial charge in [0.2, 0.25) is 0 Å². The van der Waals surface area contributed by atoms with Crippen molar-refractivity contribution in [3.05, 3.63) is 235 Å². The van der Waals surface area contributed by atoms with E-state index in [4.69, 9.17) is 0 Å². The molecule has 54 heavy (non-hydrogen) atoms. The fraction of sp³-hybridized carbons (Fsp3) is 0.0189. The summed E-state index contributed by atoms with van der Waals surface area (Å²) in [6, 6.07) is 78.1. The largest absolute Gasteiger partial charge is 0.310 e. The lowest BCUT2D eigenvalue weighted by Gasteiger charge is -2.32. The van der Waals surface area contributed by atoms with E-state index < -0.39 is 5.41 Å². The van der Waals surface area contributed by atoms with Gasteiger partial charge in [0.15, 0.2) is 0 Å². The molecule has 252 valence electrons. The maximum Gasteiger partial charge on any atom is 0.0731 e. The molecule has 0 aromatic heterocycles. The number of benzene rings is 9. The molecule has 0 saturated carbocycles. The Morgan fingerprint density at radius 2 is 0.759 bits per heavy atom. The molecule has 1 spiro atoms. The molecule has 1 unspecified atom stereocenters. The van der Waals surface area contributed by atoms with Crippen molar-refractivity contribution >= 4 is 27.8 Å². The summed E-state index contributed by atoms with van der Waals surface area (Å²) in [6.45, 7) is 0. The molecule has 9 aromatic rings. The van der Waals surface area contributed by atoms with Gasteiger partial charge in [0.05, 0.1) is 5.41 Å². The van der Waals surface area contributed by atoms with Crippen molar-refractivity contribution in [2.24, 2.45) is 0 Å². The van der Waals surface area contributed by atoms with Gasteiger partial charge < -0.3 is 4.90 Å². The molecule has 2 aliphatic rings. The smallest absolute Gasteiger partial charge is 0.0731 e. The average Bonchev–Trinajstić information content (AvgIpc) is 3.72. The fourth-order valence-electron chi connectivity index (χ4n) is 9.36. The van der Waals surface area contributed by atoms with Crippen molar-refractivity contribution in [3.63, 3.8) is 0 Å². The van der Waals surface area contributed by atoms with Gasteiger partial charge in [-0.2, -0.15) is 0 Å². The molecule has 0 saturated heterocycles. The molecule has 0 bridgehead atoms. The Hall–Kier alpha value is -6.96. The Balaban J connectivity index is 1.13. The highest BCUT2D eigenvalue weighted by Crippen LogP contribution is 2.64. The number of anilines is 3. The van der Waals surface area contributed by atoms with E-state index in [1.54, 1.807) is 0 Å². The minimum atomic E-state index is -0.420. The van der Waals surface area contributed by atoms with Gasteiger partial charge in [-0.25, -0.2) is 0 Å². The monoisotopic (exact) mass is 685 g/mol. The van der Waals surface area contributed by atoms with Crippen LogP contribution in [0.15, 0.2) is 212 Å². The molecule has 0 heterocycles. The predicted octanol–water partition coefficient (Wildman–Crippen LogP) is 14.0. The van der Waals surface area contributed by atoms with E-state index in [0.29, 0.717) is 0 Å². The van der Waals surface area contributed by atoms with Crippen LogP contribution < -0.4 is 4.90 Å². The van der Waals surface area contributed by atoms with Crippen molar-refractivity contribution < 1.29 is 0 Å². The summed E-state index contributed by atoms with van der Waals surface area (Å²) >= 11 is 0. The van der Waals surface area contributed by atoms with E-state index >= 15 is 0 Å². The summed E-state index contributed by atoms with van der Waals surface area (Å²) in [5.74, 6) is 0. The first-order valence-electron chi connectivity index (χ1n) is 18.8. The van der Waals surface area contributed by atoms with Crippen LogP contribution in [-0.4, -0.2) is 0 Å². The number of hydrogen-bond donors (Lipinski definition) is 0. The summed E-state index contributed by atoms with van der Waals surface area (Å²) in [5, 5.41) is 2.59. The minimum Gasteiger partial charge on any atom is -0.310 e. The van der Waals surface area contributed by atoms with Crippen LogP contribution >= 0.6 is 0 Å². The number of nitrogens with zero attached hydrogens (tertiary/aromatic N) is 1. The van der Waals surface area contributed by atoms with E-state index in [1.165, 1.54) is 77.5 Å². The van der Waals surface area contributed by atoms with Crippen LogP contribution in [0, 0.1) is 0 Å². The Morgan fingerprint density at radius 3 is 1.37 bits per heavy atom. The van der Waals surface area contributed by atoms with Crippen LogP contribution in [0.1, 0.15) is 22.3 Å². The normalized spacial score (nSPS) is 14.7. The van der Waals surface area contributed by atoms with Gasteiger partial charge in [-0.05, 0) is 114 Å².